The van der Waals surface area contributed by atoms with Crippen molar-refractivity contribution in [3.05, 3.63) is 22.2 Å². The maximum Gasteiger partial charge on any atom is 0.269 e. The second kappa shape index (κ2) is 9.67. The second-order valence-electron chi connectivity index (χ2n) is 6.49. The van der Waals surface area contributed by atoms with Gasteiger partial charge in [-0.3, -0.25) is 9.79 Å². The van der Waals surface area contributed by atoms with Gasteiger partial charge in [0, 0.05) is 24.4 Å². The number of hydrogen-bond acceptors (Lipinski definition) is 5. The summed E-state index contributed by atoms with van der Waals surface area (Å²) in [7, 11) is 3.34. The Labute approximate surface area is 160 Å². The third-order valence-electron chi connectivity index (χ3n) is 4.30. The molecule has 0 fully saturated rings. The maximum atomic E-state index is 12.3. The van der Waals surface area contributed by atoms with E-state index in [4.69, 9.17) is 4.74 Å². The van der Waals surface area contributed by atoms with Crippen LogP contribution in [0.1, 0.15) is 66.9 Å². The van der Waals surface area contributed by atoms with E-state index in [1.54, 1.807) is 20.5 Å². The Morgan fingerprint density at radius 2 is 1.92 bits per heavy atom. The molecule has 0 radical (unpaired) electrons. The van der Waals surface area contributed by atoms with Crippen LogP contribution >= 0.6 is 11.3 Å². The smallest absolute Gasteiger partial charge is 0.269 e. The standard InChI is InChI=1S/C13H13N3O2S.C7H16/c1-7-4-9(18-3)10-8-5-14-6-16(2)13(17)11(8)19-12(10)15-7;1-3-5-7-6-4-2/h4,6H,5H2,1-3H3;3-7H2,1-2H3. The summed E-state index contributed by atoms with van der Waals surface area (Å²) in [6.45, 7) is 6.89. The molecular formula is C20H29N3O2S. The van der Waals surface area contributed by atoms with Crippen molar-refractivity contribution in [1.82, 2.24) is 9.88 Å². The predicted octanol–water partition coefficient (Wildman–Crippen LogP) is 5.20. The summed E-state index contributed by atoms with van der Waals surface area (Å²) in [5.74, 6) is 0.714. The number of methoxy groups -OCH3 is 1. The molecule has 0 saturated carbocycles. The topological polar surface area (TPSA) is 54.8 Å². The minimum absolute atomic E-state index is 0.0426. The molecule has 5 nitrogen and oxygen atoms in total. The number of pyridine rings is 1. The number of aliphatic imine (C=N–C) groups is 1. The van der Waals surface area contributed by atoms with Crippen molar-refractivity contribution in [1.29, 1.82) is 0 Å². The van der Waals surface area contributed by atoms with Crippen molar-refractivity contribution < 1.29 is 9.53 Å². The molecule has 0 bridgehead atoms. The number of rotatable bonds is 5. The van der Waals surface area contributed by atoms with E-state index >= 15 is 0 Å². The van der Waals surface area contributed by atoms with Crippen LogP contribution < -0.4 is 4.74 Å². The summed E-state index contributed by atoms with van der Waals surface area (Å²) in [6, 6.07) is 1.89. The van der Waals surface area contributed by atoms with Gasteiger partial charge in [-0.2, -0.15) is 0 Å². The lowest BCUT2D eigenvalue weighted by atomic mass is 10.1. The van der Waals surface area contributed by atoms with Crippen LogP contribution in [0.15, 0.2) is 11.1 Å². The van der Waals surface area contributed by atoms with E-state index in [1.165, 1.54) is 48.3 Å². The first-order chi connectivity index (χ1) is 12.5. The third-order valence-corrected chi connectivity index (χ3v) is 5.41. The second-order valence-corrected chi connectivity index (χ2v) is 7.49. The Balaban J connectivity index is 0.000000298. The molecule has 3 rings (SSSR count). The average Bonchev–Trinajstić information content (AvgIpc) is 2.93. The van der Waals surface area contributed by atoms with Gasteiger partial charge in [0.25, 0.3) is 5.91 Å². The first-order valence-corrected chi connectivity index (χ1v) is 10.1. The number of thiophene rings is 1. The molecule has 2 aromatic heterocycles. The minimum Gasteiger partial charge on any atom is -0.496 e. The van der Waals surface area contributed by atoms with Gasteiger partial charge >= 0.3 is 0 Å². The molecule has 0 N–H and O–H groups in total. The number of nitrogens with zero attached hydrogens (tertiary/aromatic N) is 3. The molecule has 2 aromatic rings. The van der Waals surface area contributed by atoms with Crippen LogP contribution in [-0.2, 0) is 6.54 Å². The van der Waals surface area contributed by atoms with Gasteiger partial charge in [0.05, 0.1) is 25.4 Å². The van der Waals surface area contributed by atoms with E-state index in [9.17, 15) is 4.79 Å². The van der Waals surface area contributed by atoms with Crippen molar-refractivity contribution in [2.24, 2.45) is 4.99 Å². The van der Waals surface area contributed by atoms with Crippen LogP contribution in [-0.4, -0.2) is 36.3 Å². The van der Waals surface area contributed by atoms with Gasteiger partial charge in [-0.1, -0.05) is 46.0 Å². The summed E-state index contributed by atoms with van der Waals surface area (Å²) < 4.78 is 5.43. The highest BCUT2D eigenvalue weighted by molar-refractivity contribution is 7.20. The number of aromatic nitrogens is 1. The summed E-state index contributed by atoms with van der Waals surface area (Å²) >= 11 is 1.41. The monoisotopic (exact) mass is 375 g/mol. The van der Waals surface area contributed by atoms with Crippen molar-refractivity contribution >= 4 is 33.8 Å². The number of carbonyl (C=O) groups is 1. The van der Waals surface area contributed by atoms with Crippen LogP contribution in [0.4, 0.5) is 0 Å². The molecule has 0 aromatic carbocycles. The normalized spacial score (nSPS) is 13.3. The Bertz CT molecular complexity index is 779. The fourth-order valence-corrected chi connectivity index (χ4v) is 4.10. The molecule has 26 heavy (non-hydrogen) atoms. The van der Waals surface area contributed by atoms with E-state index in [2.05, 4.69) is 23.8 Å². The summed E-state index contributed by atoms with van der Waals surface area (Å²) in [5, 5.41) is 0.911. The van der Waals surface area contributed by atoms with Gasteiger partial charge in [-0.25, -0.2) is 4.98 Å². The first kappa shape index (κ1) is 20.4. The molecular weight excluding hydrogens is 346 g/mol. The predicted molar refractivity (Wildman–Crippen MR) is 110 cm³/mol. The summed E-state index contributed by atoms with van der Waals surface area (Å²) in [5.41, 5.74) is 1.79. The van der Waals surface area contributed by atoms with E-state index in [-0.39, 0.29) is 5.91 Å². The fraction of sp³-hybridized carbons (Fsp3) is 0.550. The molecule has 0 atom stereocenters. The molecule has 3 heterocycles. The SMILES string of the molecule is CCCCCCC.COc1cc(C)nc2sc3c(c12)CN=CN(C)C3=O. The summed E-state index contributed by atoms with van der Waals surface area (Å²) in [4.78, 5) is 24.1. The summed E-state index contributed by atoms with van der Waals surface area (Å²) in [6.07, 6.45) is 8.57. The molecule has 142 valence electrons. The Kier molecular flexibility index (Phi) is 7.57. The molecule has 0 saturated heterocycles. The van der Waals surface area contributed by atoms with Gasteiger partial charge in [0.1, 0.15) is 15.5 Å². The lowest BCUT2D eigenvalue weighted by Crippen LogP contribution is -2.23. The minimum atomic E-state index is -0.0426. The Morgan fingerprint density at radius 1 is 1.23 bits per heavy atom. The first-order valence-electron chi connectivity index (χ1n) is 9.27. The lowest BCUT2D eigenvalue weighted by molar-refractivity contribution is 0.0880. The third kappa shape index (κ3) is 4.61. The van der Waals surface area contributed by atoms with Crippen molar-refractivity contribution in [3.8, 4) is 5.75 Å². The number of unbranched alkanes of at least 4 members (excludes halogenated alkanes) is 4. The van der Waals surface area contributed by atoms with Gasteiger partial charge in [0.15, 0.2) is 0 Å². The zero-order valence-corrected chi connectivity index (χ0v) is 17.3. The van der Waals surface area contributed by atoms with E-state index in [0.717, 1.165) is 27.2 Å². The molecule has 1 aliphatic heterocycles. The van der Waals surface area contributed by atoms with E-state index in [0.29, 0.717) is 11.4 Å². The van der Waals surface area contributed by atoms with Gasteiger partial charge in [-0.15, -0.1) is 11.3 Å². The molecule has 6 heteroatoms. The van der Waals surface area contributed by atoms with Crippen molar-refractivity contribution in [2.45, 2.75) is 59.4 Å². The highest BCUT2D eigenvalue weighted by atomic mass is 32.1. The highest BCUT2D eigenvalue weighted by Gasteiger charge is 2.25. The van der Waals surface area contributed by atoms with Crippen LogP contribution in [0.2, 0.25) is 0 Å². The van der Waals surface area contributed by atoms with E-state index in [1.807, 2.05) is 13.0 Å². The molecule has 0 spiro atoms. The van der Waals surface area contributed by atoms with Gasteiger partial charge in [-0.05, 0) is 6.92 Å². The largest absolute Gasteiger partial charge is 0.496 e. The fourth-order valence-electron chi connectivity index (χ4n) is 2.87. The number of hydrogen-bond donors (Lipinski definition) is 0. The number of aryl methyl sites for hydroxylation is 1. The molecule has 1 amide bonds. The number of amides is 1. The average molecular weight is 376 g/mol. The quantitative estimate of drug-likeness (QED) is 0.675. The highest BCUT2D eigenvalue weighted by Crippen LogP contribution is 2.38. The number of fused-ring (bicyclic) bond motifs is 3. The van der Waals surface area contributed by atoms with Crippen LogP contribution in [0.5, 0.6) is 5.75 Å². The number of carbonyl (C=O) groups excluding carboxylic acids is 1. The van der Waals surface area contributed by atoms with Crippen LogP contribution in [0, 0.1) is 6.92 Å². The molecule has 0 aliphatic carbocycles. The maximum absolute atomic E-state index is 12.3. The Hall–Kier alpha value is -1.95. The number of ether oxygens (including phenoxy) is 1. The van der Waals surface area contributed by atoms with Crippen LogP contribution in [0.3, 0.4) is 0 Å². The van der Waals surface area contributed by atoms with Crippen LogP contribution in [0.25, 0.3) is 10.2 Å². The zero-order valence-electron chi connectivity index (χ0n) is 16.5. The molecule has 1 aliphatic rings. The zero-order chi connectivity index (χ0) is 19.1. The molecule has 0 unspecified atom stereocenters. The lowest BCUT2D eigenvalue weighted by Gasteiger charge is -2.06. The van der Waals surface area contributed by atoms with E-state index < -0.39 is 0 Å². The van der Waals surface area contributed by atoms with Crippen molar-refractivity contribution in [2.75, 3.05) is 14.2 Å². The van der Waals surface area contributed by atoms with Gasteiger partial charge in [0.2, 0.25) is 0 Å². The van der Waals surface area contributed by atoms with Crippen molar-refractivity contribution in [3.63, 3.8) is 0 Å². The van der Waals surface area contributed by atoms with Gasteiger partial charge < -0.3 is 9.64 Å². The Morgan fingerprint density at radius 3 is 2.54 bits per heavy atom.